The highest BCUT2D eigenvalue weighted by atomic mass is 79.9. The van der Waals surface area contributed by atoms with E-state index in [1.807, 2.05) is 30.3 Å². The normalized spacial score (nSPS) is 14.2. The highest BCUT2D eigenvalue weighted by Gasteiger charge is 2.37. The third-order valence-electron chi connectivity index (χ3n) is 6.96. The molecule has 9 nitrogen and oxygen atoms in total. The van der Waals surface area contributed by atoms with E-state index in [4.69, 9.17) is 35.1 Å². The van der Waals surface area contributed by atoms with E-state index < -0.39 is 12.0 Å². The number of thiazole rings is 1. The molecule has 5 rings (SSSR count). The number of nitrogens with zero attached hydrogens (tertiary/aromatic N) is 2. The van der Waals surface area contributed by atoms with Crippen molar-refractivity contribution in [3.05, 3.63) is 107 Å². The number of ether oxygens (including phenoxy) is 5. The standard InChI is InChI=1S/C34H29BrN2O7S/c1-6-15-44-31-24(35)16-20(17-26(31)42-5)18-27-32(38)37-30(23-14-13-22(40-3)19-25(23)41-4)28(33(39)43-7-2)29(36-34(37)45-27)21-11-9-8-10-12-21/h1,8-14,16-19,30H,7,15H2,2-5H3/b27-18-/t30-/m0/s1. The summed E-state index contributed by atoms with van der Waals surface area (Å²) in [7, 11) is 4.60. The topological polar surface area (TPSA) is 97.6 Å². The molecule has 0 bridgehead atoms. The molecule has 2 heterocycles. The molecule has 1 aliphatic rings. The van der Waals surface area contributed by atoms with Crippen molar-refractivity contribution in [2.75, 3.05) is 34.5 Å². The molecule has 230 valence electrons. The molecule has 0 amide bonds. The maximum Gasteiger partial charge on any atom is 0.338 e. The highest BCUT2D eigenvalue weighted by Crippen LogP contribution is 2.40. The monoisotopic (exact) mass is 688 g/mol. The van der Waals surface area contributed by atoms with Gasteiger partial charge >= 0.3 is 5.97 Å². The molecule has 3 aromatic carbocycles. The fourth-order valence-electron chi connectivity index (χ4n) is 5.01. The average Bonchev–Trinajstić information content (AvgIpc) is 3.37. The van der Waals surface area contributed by atoms with Crippen molar-refractivity contribution >= 4 is 45.0 Å². The van der Waals surface area contributed by atoms with Gasteiger partial charge in [0, 0.05) is 17.2 Å². The van der Waals surface area contributed by atoms with Gasteiger partial charge in [0.05, 0.1) is 48.2 Å². The van der Waals surface area contributed by atoms with Gasteiger partial charge < -0.3 is 23.7 Å². The van der Waals surface area contributed by atoms with E-state index in [2.05, 4.69) is 21.9 Å². The Labute approximate surface area is 272 Å². The molecule has 0 saturated carbocycles. The number of carbonyl (C=O) groups excluding carboxylic acids is 1. The van der Waals surface area contributed by atoms with Gasteiger partial charge in [-0.25, -0.2) is 9.79 Å². The number of esters is 1. The molecular formula is C34H29BrN2O7S. The Morgan fingerprint density at radius 2 is 1.82 bits per heavy atom. The molecule has 4 aromatic rings. The van der Waals surface area contributed by atoms with Crippen LogP contribution in [0.15, 0.2) is 80.5 Å². The lowest BCUT2D eigenvalue weighted by atomic mass is 9.92. The van der Waals surface area contributed by atoms with Gasteiger partial charge in [0.2, 0.25) is 0 Å². The third-order valence-corrected chi connectivity index (χ3v) is 8.53. The van der Waals surface area contributed by atoms with E-state index in [1.54, 1.807) is 50.4 Å². The first-order valence-electron chi connectivity index (χ1n) is 13.8. The van der Waals surface area contributed by atoms with Crippen LogP contribution in [-0.4, -0.2) is 45.1 Å². The van der Waals surface area contributed by atoms with Crippen LogP contribution in [-0.2, 0) is 9.53 Å². The van der Waals surface area contributed by atoms with Gasteiger partial charge in [0.15, 0.2) is 16.3 Å². The van der Waals surface area contributed by atoms with Crippen LogP contribution in [0.25, 0.3) is 11.8 Å². The zero-order chi connectivity index (χ0) is 32.1. The van der Waals surface area contributed by atoms with E-state index in [-0.39, 0.29) is 24.3 Å². The van der Waals surface area contributed by atoms with Crippen LogP contribution in [0.3, 0.4) is 0 Å². The van der Waals surface area contributed by atoms with Crippen molar-refractivity contribution < 1.29 is 28.5 Å². The van der Waals surface area contributed by atoms with Crippen molar-refractivity contribution in [1.82, 2.24) is 4.57 Å². The minimum Gasteiger partial charge on any atom is -0.497 e. The SMILES string of the molecule is C#CCOc1c(Br)cc(/C=c2\sc3n(c2=O)[C@@H](c2ccc(OC)cc2OC)C(C(=O)OCC)=C(c2ccccc2)N=3)cc1OC. The van der Waals surface area contributed by atoms with Crippen LogP contribution in [0, 0.1) is 12.3 Å². The number of methoxy groups -OCH3 is 3. The summed E-state index contributed by atoms with van der Waals surface area (Å²) in [4.78, 5) is 33.3. The van der Waals surface area contributed by atoms with E-state index >= 15 is 0 Å². The number of fused-ring (bicyclic) bond motifs is 1. The van der Waals surface area contributed by atoms with E-state index in [0.717, 1.165) is 0 Å². The Balaban J connectivity index is 1.81. The van der Waals surface area contributed by atoms with Crippen LogP contribution in [0.4, 0.5) is 0 Å². The van der Waals surface area contributed by atoms with Gasteiger partial charge in [-0.05, 0) is 58.8 Å². The largest absolute Gasteiger partial charge is 0.497 e. The van der Waals surface area contributed by atoms with Gasteiger partial charge in [-0.15, -0.1) is 6.42 Å². The minimum absolute atomic E-state index is 0.0638. The maximum atomic E-state index is 14.3. The summed E-state index contributed by atoms with van der Waals surface area (Å²) >= 11 is 4.73. The molecule has 0 aliphatic carbocycles. The smallest absolute Gasteiger partial charge is 0.338 e. The van der Waals surface area contributed by atoms with E-state index in [9.17, 15) is 9.59 Å². The Hall–Kier alpha value is -4.79. The lowest BCUT2D eigenvalue weighted by Crippen LogP contribution is -2.40. The summed E-state index contributed by atoms with van der Waals surface area (Å²) in [5, 5.41) is 0. The molecule has 1 aromatic heterocycles. The zero-order valence-corrected chi connectivity index (χ0v) is 27.4. The highest BCUT2D eigenvalue weighted by molar-refractivity contribution is 9.10. The summed E-state index contributed by atoms with van der Waals surface area (Å²) in [6.07, 6.45) is 7.10. The molecule has 1 aliphatic heterocycles. The Morgan fingerprint density at radius 1 is 1.07 bits per heavy atom. The first-order valence-corrected chi connectivity index (χ1v) is 15.4. The van der Waals surface area contributed by atoms with Crippen molar-refractivity contribution in [1.29, 1.82) is 0 Å². The summed E-state index contributed by atoms with van der Waals surface area (Å²) in [6.45, 7) is 1.93. The molecule has 0 N–H and O–H groups in total. The molecule has 0 saturated heterocycles. The molecule has 1 atom stereocenters. The van der Waals surface area contributed by atoms with Crippen LogP contribution in [0.2, 0.25) is 0 Å². The van der Waals surface area contributed by atoms with Gasteiger partial charge in [-0.3, -0.25) is 9.36 Å². The molecule has 0 fully saturated rings. The number of aromatic nitrogens is 1. The van der Waals surface area contributed by atoms with Gasteiger partial charge in [0.1, 0.15) is 24.1 Å². The predicted molar refractivity (Wildman–Crippen MR) is 176 cm³/mol. The number of terminal acetylenes is 1. The summed E-state index contributed by atoms with van der Waals surface area (Å²) in [5.74, 6) is 3.73. The first-order chi connectivity index (χ1) is 21.8. The summed E-state index contributed by atoms with van der Waals surface area (Å²) in [6, 6.07) is 17.2. The van der Waals surface area contributed by atoms with Crippen LogP contribution in [0.1, 0.15) is 29.7 Å². The fraction of sp³-hybridized carbons (Fsp3) is 0.206. The second kappa shape index (κ2) is 13.9. The Bertz CT molecular complexity index is 2010. The van der Waals surface area contributed by atoms with Crippen LogP contribution >= 0.6 is 27.3 Å². The van der Waals surface area contributed by atoms with Gasteiger partial charge in [-0.2, -0.15) is 0 Å². The van der Waals surface area contributed by atoms with Crippen molar-refractivity contribution in [3.63, 3.8) is 0 Å². The number of benzene rings is 3. The molecule has 0 radical (unpaired) electrons. The quantitative estimate of drug-likeness (QED) is 0.176. The fourth-order valence-corrected chi connectivity index (χ4v) is 6.58. The van der Waals surface area contributed by atoms with Crippen LogP contribution < -0.4 is 33.8 Å². The van der Waals surface area contributed by atoms with Gasteiger partial charge in [0.25, 0.3) is 5.56 Å². The van der Waals surface area contributed by atoms with Crippen molar-refractivity contribution in [3.8, 4) is 35.3 Å². The second-order valence-corrected chi connectivity index (χ2v) is 11.4. The lowest BCUT2D eigenvalue weighted by Gasteiger charge is -2.27. The second-order valence-electron chi connectivity index (χ2n) is 9.57. The lowest BCUT2D eigenvalue weighted by molar-refractivity contribution is -0.138. The van der Waals surface area contributed by atoms with Gasteiger partial charge in [-0.1, -0.05) is 47.6 Å². The number of hydrogen-bond donors (Lipinski definition) is 0. The molecular weight excluding hydrogens is 660 g/mol. The average molecular weight is 690 g/mol. The predicted octanol–water partition coefficient (Wildman–Crippen LogP) is 4.74. The van der Waals surface area contributed by atoms with E-state index in [0.29, 0.717) is 59.2 Å². The molecule has 0 unspecified atom stereocenters. The minimum atomic E-state index is -0.917. The Morgan fingerprint density at radius 3 is 2.49 bits per heavy atom. The van der Waals surface area contributed by atoms with E-state index in [1.165, 1.54) is 30.1 Å². The van der Waals surface area contributed by atoms with Crippen molar-refractivity contribution in [2.45, 2.75) is 13.0 Å². The van der Waals surface area contributed by atoms with Crippen molar-refractivity contribution in [2.24, 2.45) is 4.99 Å². The Kier molecular flexibility index (Phi) is 9.76. The number of hydrogen-bond acceptors (Lipinski definition) is 9. The summed E-state index contributed by atoms with van der Waals surface area (Å²) in [5.41, 5.74) is 2.21. The first kappa shape index (κ1) is 31.6. The van der Waals surface area contributed by atoms with Crippen LogP contribution in [0.5, 0.6) is 23.0 Å². The summed E-state index contributed by atoms with van der Waals surface area (Å²) < 4.78 is 30.4. The zero-order valence-electron chi connectivity index (χ0n) is 25.0. The maximum absolute atomic E-state index is 14.3. The molecule has 0 spiro atoms. The number of carbonyl (C=O) groups is 1. The third kappa shape index (κ3) is 6.25. The molecule has 11 heteroatoms. The number of halogens is 1. The number of rotatable bonds is 10. The molecule has 45 heavy (non-hydrogen) atoms.